The molecule has 0 fully saturated rings. The van der Waals surface area contributed by atoms with Crippen LogP contribution in [0.1, 0.15) is 28.5 Å². The summed E-state index contributed by atoms with van der Waals surface area (Å²) in [5.74, 6) is 0.189. The molecule has 0 unspecified atom stereocenters. The average molecular weight is 364 g/mol. The number of amides is 1. The van der Waals surface area contributed by atoms with Gasteiger partial charge in [0.15, 0.2) is 6.54 Å². The van der Waals surface area contributed by atoms with Gasteiger partial charge in [0.25, 0.3) is 5.91 Å². The Labute approximate surface area is 158 Å². The van der Waals surface area contributed by atoms with E-state index < -0.39 is 0 Å². The lowest BCUT2D eigenvalue weighted by Gasteiger charge is -2.29. The van der Waals surface area contributed by atoms with Crippen molar-refractivity contribution < 1.29 is 10.1 Å². The van der Waals surface area contributed by atoms with E-state index in [1.807, 2.05) is 17.0 Å². The number of quaternary nitrogens is 1. The normalized spacial score (nSPS) is 14.7. The number of hydrogen-bond donors (Lipinski definition) is 1. The molecule has 2 heterocycles. The van der Waals surface area contributed by atoms with Crippen molar-refractivity contribution in [1.82, 2.24) is 0 Å². The van der Waals surface area contributed by atoms with Gasteiger partial charge in [-0.1, -0.05) is 54.6 Å². The second-order valence-corrected chi connectivity index (χ2v) is 7.60. The first-order chi connectivity index (χ1) is 12.8. The van der Waals surface area contributed by atoms with E-state index in [4.69, 9.17) is 0 Å². The number of carbonyl (C=O) groups is 1. The molecule has 0 saturated carbocycles. The van der Waals surface area contributed by atoms with Crippen LogP contribution in [-0.4, -0.2) is 19.0 Å². The lowest BCUT2D eigenvalue weighted by Crippen LogP contribution is -2.87. The highest BCUT2D eigenvalue weighted by Gasteiger charge is 2.25. The SMILES string of the molecule is O=C(C[NH2+][C@H](c1ccccc1)c1cccs1)N1CCCc2ccccc21. The van der Waals surface area contributed by atoms with Gasteiger partial charge in [-0.05, 0) is 35.9 Å². The molecule has 0 radical (unpaired) electrons. The third-order valence-corrected chi connectivity index (χ3v) is 5.90. The fourth-order valence-electron chi connectivity index (χ4n) is 3.67. The number of nitrogens with two attached hydrogens (primary N) is 1. The van der Waals surface area contributed by atoms with E-state index in [1.165, 1.54) is 16.0 Å². The maximum absolute atomic E-state index is 13.0. The quantitative estimate of drug-likeness (QED) is 0.741. The molecule has 132 valence electrons. The summed E-state index contributed by atoms with van der Waals surface area (Å²) in [4.78, 5) is 16.2. The van der Waals surface area contributed by atoms with Gasteiger partial charge in [-0.25, -0.2) is 0 Å². The van der Waals surface area contributed by atoms with E-state index >= 15 is 0 Å². The number of carbonyl (C=O) groups excluding carboxylic acids is 1. The Bertz CT molecular complexity index is 861. The van der Waals surface area contributed by atoms with Gasteiger partial charge in [0, 0.05) is 17.8 Å². The number of para-hydroxylation sites is 1. The fourth-order valence-corrected chi connectivity index (χ4v) is 4.52. The molecule has 26 heavy (non-hydrogen) atoms. The minimum atomic E-state index is 0.167. The Balaban J connectivity index is 1.51. The molecule has 4 rings (SSSR count). The molecule has 1 aliphatic rings. The molecule has 4 heteroatoms. The van der Waals surface area contributed by atoms with Crippen LogP contribution < -0.4 is 10.2 Å². The lowest BCUT2D eigenvalue weighted by atomic mass is 10.0. The summed E-state index contributed by atoms with van der Waals surface area (Å²) in [6.07, 6.45) is 2.10. The number of benzene rings is 2. The third-order valence-electron chi connectivity index (χ3n) is 4.95. The molecular weight excluding hydrogens is 340 g/mol. The van der Waals surface area contributed by atoms with Crippen molar-refractivity contribution in [1.29, 1.82) is 0 Å². The standard InChI is InChI=1S/C22H22N2OS/c25-21(24-14-6-11-17-8-4-5-12-19(17)24)16-23-22(20-13-7-15-26-20)18-9-2-1-3-10-18/h1-5,7-10,12-13,15,22-23H,6,11,14,16H2/p+1/t22-/m1/s1. The van der Waals surface area contributed by atoms with Crippen molar-refractivity contribution in [2.24, 2.45) is 0 Å². The Morgan fingerprint density at radius 2 is 1.85 bits per heavy atom. The molecule has 1 atom stereocenters. The predicted molar refractivity (Wildman–Crippen MR) is 107 cm³/mol. The summed E-state index contributed by atoms with van der Waals surface area (Å²) in [5.41, 5.74) is 3.61. The molecule has 2 aromatic carbocycles. The molecule has 1 aromatic heterocycles. The Morgan fingerprint density at radius 3 is 2.65 bits per heavy atom. The largest absolute Gasteiger partial charge is 0.328 e. The van der Waals surface area contributed by atoms with Gasteiger partial charge >= 0.3 is 0 Å². The number of thiophene rings is 1. The van der Waals surface area contributed by atoms with E-state index in [0.717, 1.165) is 25.1 Å². The van der Waals surface area contributed by atoms with Crippen LogP contribution in [0, 0.1) is 0 Å². The highest BCUT2D eigenvalue weighted by Crippen LogP contribution is 2.27. The van der Waals surface area contributed by atoms with Crippen molar-refractivity contribution in [3.63, 3.8) is 0 Å². The number of nitrogens with zero attached hydrogens (tertiary/aromatic N) is 1. The Morgan fingerprint density at radius 1 is 1.04 bits per heavy atom. The van der Waals surface area contributed by atoms with Gasteiger partial charge in [-0.2, -0.15) is 0 Å². The molecule has 0 spiro atoms. The van der Waals surface area contributed by atoms with Crippen LogP contribution in [0.2, 0.25) is 0 Å². The zero-order valence-electron chi connectivity index (χ0n) is 14.7. The molecule has 2 N–H and O–H groups in total. The second-order valence-electron chi connectivity index (χ2n) is 6.62. The minimum Gasteiger partial charge on any atom is -0.328 e. The van der Waals surface area contributed by atoms with Crippen LogP contribution in [0.5, 0.6) is 0 Å². The number of aryl methyl sites for hydroxylation is 1. The summed E-state index contributed by atoms with van der Waals surface area (Å²) in [6.45, 7) is 1.27. The van der Waals surface area contributed by atoms with Gasteiger partial charge in [-0.3, -0.25) is 4.79 Å². The van der Waals surface area contributed by atoms with E-state index in [-0.39, 0.29) is 11.9 Å². The molecule has 0 bridgehead atoms. The van der Waals surface area contributed by atoms with Crippen LogP contribution in [0.4, 0.5) is 5.69 Å². The maximum Gasteiger partial charge on any atom is 0.282 e. The zero-order chi connectivity index (χ0) is 17.8. The van der Waals surface area contributed by atoms with Crippen molar-refractivity contribution >= 4 is 22.9 Å². The summed E-state index contributed by atoms with van der Waals surface area (Å²) in [6, 6.07) is 23.1. The van der Waals surface area contributed by atoms with E-state index in [2.05, 4.69) is 65.3 Å². The van der Waals surface area contributed by atoms with Crippen LogP contribution in [-0.2, 0) is 11.2 Å². The monoisotopic (exact) mass is 363 g/mol. The number of anilines is 1. The van der Waals surface area contributed by atoms with Crippen molar-refractivity contribution in [3.05, 3.63) is 88.1 Å². The molecular formula is C22H23N2OS+. The first kappa shape index (κ1) is 17.0. The van der Waals surface area contributed by atoms with Crippen molar-refractivity contribution in [2.45, 2.75) is 18.9 Å². The van der Waals surface area contributed by atoms with Gasteiger partial charge in [-0.15, -0.1) is 11.3 Å². The molecule has 3 aromatic rings. The molecule has 3 nitrogen and oxygen atoms in total. The van der Waals surface area contributed by atoms with Gasteiger partial charge in [0.2, 0.25) is 0 Å². The fraction of sp³-hybridized carbons (Fsp3) is 0.227. The number of rotatable bonds is 5. The highest BCUT2D eigenvalue weighted by molar-refractivity contribution is 7.10. The zero-order valence-corrected chi connectivity index (χ0v) is 15.5. The van der Waals surface area contributed by atoms with Gasteiger partial charge in [0.05, 0.1) is 4.88 Å². The van der Waals surface area contributed by atoms with E-state index in [1.54, 1.807) is 11.3 Å². The van der Waals surface area contributed by atoms with Crippen LogP contribution in [0.25, 0.3) is 0 Å². The summed E-state index contributed by atoms with van der Waals surface area (Å²) >= 11 is 1.75. The average Bonchev–Trinajstić information content (AvgIpc) is 3.23. The molecule has 1 amide bonds. The number of hydrogen-bond acceptors (Lipinski definition) is 2. The number of fused-ring (bicyclic) bond motifs is 1. The Hall–Kier alpha value is -2.43. The maximum atomic E-state index is 13.0. The molecule has 0 aliphatic carbocycles. The first-order valence-corrected chi connectivity index (χ1v) is 10.0. The Kier molecular flexibility index (Phi) is 5.14. The van der Waals surface area contributed by atoms with Crippen molar-refractivity contribution in [2.75, 3.05) is 18.0 Å². The summed E-state index contributed by atoms with van der Waals surface area (Å²) in [7, 11) is 0. The minimum absolute atomic E-state index is 0.167. The molecule has 0 saturated heterocycles. The first-order valence-electron chi connectivity index (χ1n) is 9.13. The highest BCUT2D eigenvalue weighted by atomic mass is 32.1. The van der Waals surface area contributed by atoms with Crippen molar-refractivity contribution in [3.8, 4) is 0 Å². The van der Waals surface area contributed by atoms with Crippen LogP contribution >= 0.6 is 11.3 Å². The van der Waals surface area contributed by atoms with Gasteiger partial charge < -0.3 is 10.2 Å². The van der Waals surface area contributed by atoms with Crippen LogP contribution in [0.3, 0.4) is 0 Å². The smallest absolute Gasteiger partial charge is 0.282 e. The topological polar surface area (TPSA) is 36.9 Å². The van der Waals surface area contributed by atoms with Gasteiger partial charge in [0.1, 0.15) is 6.04 Å². The summed E-state index contributed by atoms with van der Waals surface area (Å²) in [5, 5.41) is 4.27. The summed E-state index contributed by atoms with van der Waals surface area (Å²) < 4.78 is 0. The second kappa shape index (κ2) is 7.85. The van der Waals surface area contributed by atoms with Crippen LogP contribution in [0.15, 0.2) is 72.1 Å². The predicted octanol–water partition coefficient (Wildman–Crippen LogP) is 3.38. The lowest BCUT2D eigenvalue weighted by molar-refractivity contribution is -0.676. The third kappa shape index (κ3) is 3.57. The van der Waals surface area contributed by atoms with E-state index in [0.29, 0.717) is 6.54 Å². The van der Waals surface area contributed by atoms with E-state index in [9.17, 15) is 4.79 Å². The molecule has 1 aliphatic heterocycles.